The van der Waals surface area contributed by atoms with Gasteiger partial charge in [-0.1, -0.05) is 41.5 Å². The minimum Gasteiger partial charge on any atom is -0.383 e. The molecule has 0 spiro atoms. The molecule has 3 aromatic heterocycles. The smallest absolute Gasteiger partial charge is 0.257 e. The lowest BCUT2D eigenvalue weighted by molar-refractivity contribution is 0.0491. The summed E-state index contributed by atoms with van der Waals surface area (Å²) in [6.45, 7) is 8.89. The van der Waals surface area contributed by atoms with E-state index in [0.29, 0.717) is 52.4 Å². The van der Waals surface area contributed by atoms with Crippen LogP contribution < -0.4 is 16.0 Å². The molecule has 0 unspecified atom stereocenters. The molecule has 2 fully saturated rings. The third kappa shape index (κ3) is 6.03. The summed E-state index contributed by atoms with van der Waals surface area (Å²) in [6.07, 6.45) is 4.55. The van der Waals surface area contributed by atoms with E-state index < -0.39 is 0 Å². The first-order valence-electron chi connectivity index (χ1n) is 13.2. The number of halogens is 2. The van der Waals surface area contributed by atoms with E-state index in [1.807, 2.05) is 11.8 Å². The average molecular weight is 592 g/mol. The zero-order valence-corrected chi connectivity index (χ0v) is 24.3. The molecule has 1 amide bonds. The number of pyridine rings is 1. The van der Waals surface area contributed by atoms with Gasteiger partial charge in [-0.15, -0.1) is 10.2 Å². The van der Waals surface area contributed by atoms with Crippen LogP contribution in [0.3, 0.4) is 0 Å². The second-order valence-electron chi connectivity index (χ2n) is 9.65. The highest BCUT2D eigenvalue weighted by Crippen LogP contribution is 2.31. The zero-order chi connectivity index (χ0) is 27.5. The molecule has 14 heteroatoms. The monoisotopic (exact) mass is 590 g/mol. The number of anilines is 3. The number of nitrogens with zero attached hydrogens (tertiary/aromatic N) is 8. The van der Waals surface area contributed by atoms with Gasteiger partial charge in [0, 0.05) is 51.4 Å². The van der Waals surface area contributed by atoms with Crippen molar-refractivity contribution in [2.24, 2.45) is 0 Å². The Bertz CT molecular complexity index is 1320. The van der Waals surface area contributed by atoms with Crippen LogP contribution in [0, 0.1) is 0 Å². The quantitative estimate of drug-likeness (QED) is 0.390. The number of nitrogens with one attached hydrogen (secondary N) is 1. The largest absolute Gasteiger partial charge is 0.383 e. The Morgan fingerprint density at radius 3 is 2.62 bits per heavy atom. The van der Waals surface area contributed by atoms with E-state index in [2.05, 4.69) is 47.2 Å². The highest BCUT2D eigenvalue weighted by atomic mass is 35.5. The van der Waals surface area contributed by atoms with Gasteiger partial charge in [0.15, 0.2) is 16.0 Å². The molecule has 0 bridgehead atoms. The van der Waals surface area contributed by atoms with Crippen molar-refractivity contribution in [3.8, 4) is 10.7 Å². The van der Waals surface area contributed by atoms with Gasteiger partial charge in [0.05, 0.1) is 11.8 Å². The first kappa shape index (κ1) is 27.8. The number of rotatable bonds is 7. The molecule has 2 saturated heterocycles. The Balaban J connectivity index is 1.20. The molecule has 0 radical (unpaired) electrons. The standard InChI is InChI=1S/C25H32Cl2N10OS/c1-3-15-14-36(22-20(27)31-18(13-30-22)23-33-34-25(39-23)29-4-2)11-12-37(15)16-7-9-35(10-8-16)24(38)17-5-6-19(26)32-21(17)28/h5-6,13,15-16H,3-4,7-12,14H2,1-2H3,(H2,28,32)(H,29,34)/t15-/m0/s1. The maximum atomic E-state index is 13.0. The number of piperidine rings is 1. The molecule has 3 N–H and O–H groups in total. The number of nitrogens with two attached hydrogens (primary N) is 1. The van der Waals surface area contributed by atoms with Crippen molar-refractivity contribution in [3.05, 3.63) is 34.2 Å². The lowest BCUT2D eigenvalue weighted by Gasteiger charge is -2.47. The Morgan fingerprint density at radius 1 is 1.13 bits per heavy atom. The number of piperazine rings is 1. The van der Waals surface area contributed by atoms with Gasteiger partial charge in [-0.25, -0.2) is 15.0 Å². The maximum absolute atomic E-state index is 13.0. The minimum absolute atomic E-state index is 0.0879. The summed E-state index contributed by atoms with van der Waals surface area (Å²) in [4.78, 5) is 33.0. The second kappa shape index (κ2) is 12.2. The van der Waals surface area contributed by atoms with E-state index in [4.69, 9.17) is 28.9 Å². The van der Waals surface area contributed by atoms with Crippen LogP contribution in [0.4, 0.5) is 16.8 Å². The average Bonchev–Trinajstić information content (AvgIpc) is 3.41. The molecule has 0 aliphatic carbocycles. The molecule has 11 nitrogen and oxygen atoms in total. The fourth-order valence-electron chi connectivity index (χ4n) is 5.33. The van der Waals surface area contributed by atoms with Crippen molar-refractivity contribution in [1.82, 2.24) is 34.9 Å². The minimum atomic E-state index is -0.0879. The SMILES string of the molecule is CCNc1nnc(-c2cnc(N3CCN(C4CCN(C(=O)c5ccc(Cl)nc5N)CC4)[C@@H](CC)C3)c(Cl)n2)s1. The van der Waals surface area contributed by atoms with Crippen LogP contribution in [0.5, 0.6) is 0 Å². The topological polar surface area (TPSA) is 129 Å². The molecule has 2 aliphatic rings. The summed E-state index contributed by atoms with van der Waals surface area (Å²) in [7, 11) is 0. The molecular formula is C25H32Cl2N10OS. The van der Waals surface area contributed by atoms with Gasteiger partial charge in [0.1, 0.15) is 16.7 Å². The van der Waals surface area contributed by atoms with E-state index in [0.717, 1.165) is 50.6 Å². The summed E-state index contributed by atoms with van der Waals surface area (Å²) < 4.78 is 0. The summed E-state index contributed by atoms with van der Waals surface area (Å²) in [5.74, 6) is 0.785. The number of hydrogen-bond donors (Lipinski definition) is 2. The summed E-state index contributed by atoms with van der Waals surface area (Å²) in [5.41, 5.74) is 6.98. The molecule has 3 aromatic rings. The fraction of sp³-hybridized carbons (Fsp3) is 0.520. The predicted octanol–water partition coefficient (Wildman–Crippen LogP) is 3.92. The van der Waals surface area contributed by atoms with Gasteiger partial charge < -0.3 is 20.9 Å². The third-order valence-electron chi connectivity index (χ3n) is 7.33. The van der Waals surface area contributed by atoms with Crippen LogP contribution in [0.1, 0.15) is 43.5 Å². The lowest BCUT2D eigenvalue weighted by Crippen LogP contribution is -2.58. The maximum Gasteiger partial charge on any atom is 0.257 e. The molecule has 0 aromatic carbocycles. The molecule has 1 atom stereocenters. The molecule has 39 heavy (non-hydrogen) atoms. The van der Waals surface area contributed by atoms with Gasteiger partial charge >= 0.3 is 0 Å². The van der Waals surface area contributed by atoms with Crippen LogP contribution in [0.25, 0.3) is 10.7 Å². The van der Waals surface area contributed by atoms with Crippen molar-refractivity contribution in [1.29, 1.82) is 0 Å². The summed E-state index contributed by atoms with van der Waals surface area (Å²) in [5, 5.41) is 13.6. The molecule has 5 rings (SSSR count). The molecule has 5 heterocycles. The highest BCUT2D eigenvalue weighted by Gasteiger charge is 2.35. The first-order valence-corrected chi connectivity index (χ1v) is 14.8. The number of nitrogen functional groups attached to an aromatic ring is 1. The van der Waals surface area contributed by atoms with E-state index in [-0.39, 0.29) is 16.9 Å². The van der Waals surface area contributed by atoms with Crippen LogP contribution in [-0.2, 0) is 0 Å². The van der Waals surface area contributed by atoms with Crippen molar-refractivity contribution < 1.29 is 4.79 Å². The van der Waals surface area contributed by atoms with Crippen molar-refractivity contribution >= 4 is 57.2 Å². The number of carbonyl (C=O) groups is 1. The van der Waals surface area contributed by atoms with Crippen LogP contribution in [0.15, 0.2) is 18.3 Å². The predicted molar refractivity (Wildman–Crippen MR) is 156 cm³/mol. The van der Waals surface area contributed by atoms with Crippen molar-refractivity contribution in [3.63, 3.8) is 0 Å². The third-order valence-corrected chi connectivity index (χ3v) is 8.69. The zero-order valence-electron chi connectivity index (χ0n) is 22.0. The van der Waals surface area contributed by atoms with Crippen molar-refractivity contribution in [2.75, 3.05) is 55.2 Å². The van der Waals surface area contributed by atoms with Crippen molar-refractivity contribution in [2.45, 2.75) is 45.2 Å². The van der Waals surface area contributed by atoms with Gasteiger partial charge in [-0.3, -0.25) is 9.69 Å². The van der Waals surface area contributed by atoms with Crippen LogP contribution in [-0.4, -0.2) is 92.2 Å². The number of amides is 1. The van der Waals surface area contributed by atoms with Crippen LogP contribution in [0.2, 0.25) is 10.3 Å². The Labute approximate surface area is 241 Å². The summed E-state index contributed by atoms with van der Waals surface area (Å²) >= 11 is 13.9. The number of carbonyl (C=O) groups excluding carboxylic acids is 1. The van der Waals surface area contributed by atoms with Gasteiger partial charge in [-0.2, -0.15) is 0 Å². The van der Waals surface area contributed by atoms with E-state index >= 15 is 0 Å². The first-order chi connectivity index (χ1) is 18.9. The normalized spacial score (nSPS) is 18.9. The Hall–Kier alpha value is -2.80. The van der Waals surface area contributed by atoms with Crippen LogP contribution >= 0.6 is 34.5 Å². The highest BCUT2D eigenvalue weighted by molar-refractivity contribution is 7.18. The summed E-state index contributed by atoms with van der Waals surface area (Å²) in [6, 6.07) is 4.02. The second-order valence-corrected chi connectivity index (χ2v) is 11.4. The van der Waals surface area contributed by atoms with Gasteiger partial charge in [-0.05, 0) is 38.3 Å². The van der Waals surface area contributed by atoms with E-state index in [9.17, 15) is 4.79 Å². The van der Waals surface area contributed by atoms with Gasteiger partial charge in [0.2, 0.25) is 5.13 Å². The van der Waals surface area contributed by atoms with Gasteiger partial charge in [0.25, 0.3) is 5.91 Å². The molecule has 208 valence electrons. The fourth-order valence-corrected chi connectivity index (χ4v) is 6.51. The Kier molecular flexibility index (Phi) is 8.65. The molecular weight excluding hydrogens is 559 g/mol. The number of aromatic nitrogens is 5. The Morgan fingerprint density at radius 2 is 1.92 bits per heavy atom. The number of likely N-dealkylation sites (tertiary alicyclic amines) is 1. The lowest BCUT2D eigenvalue weighted by atomic mass is 9.97. The van der Waals surface area contributed by atoms with E-state index in [1.54, 1.807) is 18.3 Å². The molecule has 0 saturated carbocycles. The van der Waals surface area contributed by atoms with E-state index in [1.165, 1.54) is 11.3 Å². The number of hydrogen-bond acceptors (Lipinski definition) is 11. The molecule has 2 aliphatic heterocycles.